The summed E-state index contributed by atoms with van der Waals surface area (Å²) in [5.41, 5.74) is 2.57. The van der Waals surface area contributed by atoms with E-state index in [1.54, 1.807) is 0 Å². The molecule has 0 atom stereocenters. The third kappa shape index (κ3) is 2.99. The van der Waals surface area contributed by atoms with Gasteiger partial charge < -0.3 is 0 Å². The average Bonchev–Trinajstić information content (AvgIpc) is 2.46. The number of allylic oxidation sites excluding steroid dienone is 1. The number of nitrogens with zero attached hydrogens (tertiary/aromatic N) is 2. The molecule has 1 rings (SSSR count). The number of hydrogen-bond acceptors (Lipinski definition) is 1. The predicted molar refractivity (Wildman–Crippen MR) is 59.8 cm³/mol. The van der Waals surface area contributed by atoms with Crippen molar-refractivity contribution in [3.63, 3.8) is 0 Å². The first kappa shape index (κ1) is 10.5. The van der Waals surface area contributed by atoms with Gasteiger partial charge in [-0.1, -0.05) is 41.4 Å². The summed E-state index contributed by atoms with van der Waals surface area (Å²) in [6, 6.07) is 0. The van der Waals surface area contributed by atoms with Crippen molar-refractivity contribution < 1.29 is 0 Å². The Bertz CT molecular complexity index is 300. The predicted octanol–water partition coefficient (Wildman–Crippen LogP) is 2.85. The van der Waals surface area contributed by atoms with Gasteiger partial charge in [0.1, 0.15) is 0 Å². The molecule has 0 amide bonds. The van der Waals surface area contributed by atoms with E-state index in [1.807, 2.05) is 24.1 Å². The first-order chi connectivity index (χ1) is 6.13. The first-order valence-electron chi connectivity index (χ1n) is 4.38. The Morgan fingerprint density at radius 3 is 2.77 bits per heavy atom. The lowest BCUT2D eigenvalue weighted by molar-refractivity contribution is 0.767. The van der Waals surface area contributed by atoms with Gasteiger partial charge in [-0.25, -0.2) is 0 Å². The van der Waals surface area contributed by atoms with E-state index in [0.29, 0.717) is 5.92 Å². The van der Waals surface area contributed by atoms with Crippen LogP contribution in [0.2, 0.25) is 0 Å². The zero-order valence-electron chi connectivity index (χ0n) is 8.29. The summed E-state index contributed by atoms with van der Waals surface area (Å²) in [5.74, 6) is 0.583. The molecule has 13 heavy (non-hydrogen) atoms. The van der Waals surface area contributed by atoms with Crippen LogP contribution in [-0.4, -0.2) is 15.1 Å². The first-order valence-corrected chi connectivity index (χ1v) is 5.50. The third-order valence-corrected chi connectivity index (χ3v) is 2.62. The van der Waals surface area contributed by atoms with Gasteiger partial charge >= 0.3 is 0 Å². The van der Waals surface area contributed by atoms with Gasteiger partial charge in [0.25, 0.3) is 0 Å². The molecule has 1 heterocycles. The SMILES string of the molecule is CC(C)C(=Cc1cnn(C)c1)CBr. The number of aromatic nitrogens is 2. The molecule has 1 aromatic rings. The highest BCUT2D eigenvalue weighted by atomic mass is 79.9. The van der Waals surface area contributed by atoms with Crippen LogP contribution < -0.4 is 0 Å². The highest BCUT2D eigenvalue weighted by Crippen LogP contribution is 2.16. The van der Waals surface area contributed by atoms with Crippen molar-refractivity contribution in [3.05, 3.63) is 23.5 Å². The van der Waals surface area contributed by atoms with E-state index in [1.165, 1.54) is 11.1 Å². The van der Waals surface area contributed by atoms with Crippen LogP contribution in [0.5, 0.6) is 0 Å². The summed E-state index contributed by atoms with van der Waals surface area (Å²) in [6.45, 7) is 4.40. The maximum atomic E-state index is 4.12. The van der Waals surface area contributed by atoms with Gasteiger partial charge in [-0.15, -0.1) is 0 Å². The molecule has 0 unspecified atom stereocenters. The van der Waals surface area contributed by atoms with Crippen molar-refractivity contribution >= 4 is 22.0 Å². The average molecular weight is 243 g/mol. The molecule has 72 valence electrons. The Morgan fingerprint density at radius 2 is 2.38 bits per heavy atom. The van der Waals surface area contributed by atoms with Gasteiger partial charge in [-0.2, -0.15) is 5.10 Å². The minimum atomic E-state index is 0.583. The van der Waals surface area contributed by atoms with Gasteiger partial charge in [0.15, 0.2) is 0 Å². The molecule has 0 aliphatic heterocycles. The van der Waals surface area contributed by atoms with Gasteiger partial charge in [0.2, 0.25) is 0 Å². The quantitative estimate of drug-likeness (QED) is 0.746. The second-order valence-corrected chi connectivity index (χ2v) is 4.02. The van der Waals surface area contributed by atoms with Crippen LogP contribution in [0.1, 0.15) is 19.4 Å². The Balaban J connectivity index is 2.84. The molecular weight excluding hydrogens is 228 g/mol. The van der Waals surface area contributed by atoms with Crippen molar-refractivity contribution in [2.24, 2.45) is 13.0 Å². The van der Waals surface area contributed by atoms with E-state index >= 15 is 0 Å². The molecule has 0 aliphatic carbocycles. The molecule has 3 heteroatoms. The van der Waals surface area contributed by atoms with Crippen LogP contribution >= 0.6 is 15.9 Å². The van der Waals surface area contributed by atoms with Crippen LogP contribution in [-0.2, 0) is 7.05 Å². The normalized spacial score (nSPS) is 12.5. The summed E-state index contributed by atoms with van der Waals surface area (Å²) in [7, 11) is 1.93. The summed E-state index contributed by atoms with van der Waals surface area (Å²) in [5, 5.41) is 5.05. The number of aryl methyl sites for hydroxylation is 1. The summed E-state index contributed by atoms with van der Waals surface area (Å²) in [4.78, 5) is 0. The fourth-order valence-corrected chi connectivity index (χ4v) is 1.90. The fraction of sp³-hybridized carbons (Fsp3) is 0.500. The lowest BCUT2D eigenvalue weighted by Gasteiger charge is -2.06. The zero-order chi connectivity index (χ0) is 9.84. The molecule has 1 aromatic heterocycles. The molecule has 0 saturated carbocycles. The van der Waals surface area contributed by atoms with Crippen molar-refractivity contribution in [1.82, 2.24) is 9.78 Å². The van der Waals surface area contributed by atoms with Crippen LogP contribution in [0, 0.1) is 5.92 Å². The monoisotopic (exact) mass is 242 g/mol. The number of halogens is 1. The van der Waals surface area contributed by atoms with E-state index < -0.39 is 0 Å². The summed E-state index contributed by atoms with van der Waals surface area (Å²) in [6.07, 6.45) is 6.09. The minimum Gasteiger partial charge on any atom is -0.275 e. The highest BCUT2D eigenvalue weighted by molar-refractivity contribution is 9.09. The minimum absolute atomic E-state index is 0.583. The number of hydrogen-bond donors (Lipinski definition) is 0. The third-order valence-electron chi connectivity index (χ3n) is 1.97. The Labute approximate surface area is 87.8 Å². The molecule has 0 saturated heterocycles. The van der Waals surface area contributed by atoms with Crippen molar-refractivity contribution in [2.75, 3.05) is 5.33 Å². The molecule has 0 bridgehead atoms. The second-order valence-electron chi connectivity index (χ2n) is 3.45. The van der Waals surface area contributed by atoms with Gasteiger partial charge in [-0.3, -0.25) is 4.68 Å². The van der Waals surface area contributed by atoms with E-state index in [-0.39, 0.29) is 0 Å². The standard InChI is InChI=1S/C10H15BrN2/c1-8(2)10(5-11)4-9-6-12-13(3)7-9/h4,6-8H,5H2,1-3H3. The van der Waals surface area contributed by atoms with Crippen LogP contribution in [0.15, 0.2) is 18.0 Å². The Morgan fingerprint density at radius 1 is 1.69 bits per heavy atom. The van der Waals surface area contributed by atoms with Crippen LogP contribution in [0.4, 0.5) is 0 Å². The lowest BCUT2D eigenvalue weighted by atomic mass is 10.0. The summed E-state index contributed by atoms with van der Waals surface area (Å²) < 4.78 is 1.82. The molecule has 2 nitrogen and oxygen atoms in total. The molecule has 0 spiro atoms. The number of rotatable bonds is 3. The topological polar surface area (TPSA) is 17.8 Å². The van der Waals surface area contributed by atoms with Gasteiger partial charge in [-0.05, 0) is 5.92 Å². The van der Waals surface area contributed by atoms with E-state index in [9.17, 15) is 0 Å². The second kappa shape index (κ2) is 4.61. The molecule has 0 aliphatic rings. The molecular formula is C10H15BrN2. The zero-order valence-corrected chi connectivity index (χ0v) is 9.87. The maximum absolute atomic E-state index is 4.12. The lowest BCUT2D eigenvalue weighted by Crippen LogP contribution is -1.94. The summed E-state index contributed by atoms with van der Waals surface area (Å²) >= 11 is 3.49. The van der Waals surface area contributed by atoms with Crippen LogP contribution in [0.3, 0.4) is 0 Å². The van der Waals surface area contributed by atoms with Crippen molar-refractivity contribution in [3.8, 4) is 0 Å². The maximum Gasteiger partial charge on any atom is 0.0562 e. The Hall–Kier alpha value is -0.570. The van der Waals surface area contributed by atoms with Gasteiger partial charge in [0.05, 0.1) is 6.20 Å². The van der Waals surface area contributed by atoms with E-state index in [4.69, 9.17) is 0 Å². The van der Waals surface area contributed by atoms with Gasteiger partial charge in [0, 0.05) is 24.1 Å². The molecule has 0 N–H and O–H groups in total. The van der Waals surface area contributed by atoms with E-state index in [0.717, 1.165) is 5.33 Å². The highest BCUT2D eigenvalue weighted by Gasteiger charge is 2.01. The molecule has 0 radical (unpaired) electrons. The fourth-order valence-electron chi connectivity index (χ4n) is 1.09. The van der Waals surface area contributed by atoms with Crippen LogP contribution in [0.25, 0.3) is 6.08 Å². The molecule has 0 aromatic carbocycles. The molecule has 0 fully saturated rings. The van der Waals surface area contributed by atoms with E-state index in [2.05, 4.69) is 41.0 Å². The smallest absolute Gasteiger partial charge is 0.0562 e. The largest absolute Gasteiger partial charge is 0.275 e. The van der Waals surface area contributed by atoms with Crippen molar-refractivity contribution in [2.45, 2.75) is 13.8 Å². The Kier molecular flexibility index (Phi) is 3.72. The number of alkyl halides is 1. The van der Waals surface area contributed by atoms with Crippen molar-refractivity contribution in [1.29, 1.82) is 0 Å².